The highest BCUT2D eigenvalue weighted by Gasteiger charge is 2.46. The summed E-state index contributed by atoms with van der Waals surface area (Å²) < 4.78 is 29.5. The van der Waals surface area contributed by atoms with E-state index in [1.807, 2.05) is 6.92 Å². The summed E-state index contributed by atoms with van der Waals surface area (Å²) >= 11 is 0. The summed E-state index contributed by atoms with van der Waals surface area (Å²) in [5, 5.41) is 0. The van der Waals surface area contributed by atoms with Crippen molar-refractivity contribution in [2.24, 2.45) is 0 Å². The Labute approximate surface area is 106 Å². The van der Waals surface area contributed by atoms with Crippen LogP contribution in [0.1, 0.15) is 19.8 Å². The summed E-state index contributed by atoms with van der Waals surface area (Å²) in [6.45, 7) is 2.06. The molecule has 8 heteroatoms. The molecule has 2 saturated heterocycles. The van der Waals surface area contributed by atoms with Gasteiger partial charge in [0.15, 0.2) is 6.61 Å². The van der Waals surface area contributed by atoms with Crippen molar-refractivity contribution < 1.29 is 22.7 Å². The number of sulfonamides is 1. The standard InChI is InChI=1S/C10H16N2O5S/c1-2-3-4-18(15,16)11-5-8(6-11)12-9(13)7-17-10(12)14/h8H,2-7H2,1H3. The van der Waals surface area contributed by atoms with E-state index in [1.165, 1.54) is 4.31 Å². The molecular formula is C10H16N2O5S. The first kappa shape index (κ1) is 13.3. The molecule has 2 aliphatic heterocycles. The lowest BCUT2D eigenvalue weighted by atomic mass is 10.1. The van der Waals surface area contributed by atoms with Crippen LogP contribution in [0.15, 0.2) is 0 Å². The van der Waals surface area contributed by atoms with Crippen molar-refractivity contribution >= 4 is 22.0 Å². The van der Waals surface area contributed by atoms with Gasteiger partial charge in [-0.1, -0.05) is 13.3 Å². The molecule has 0 aliphatic carbocycles. The summed E-state index contributed by atoms with van der Waals surface area (Å²) in [5.74, 6) is -0.273. The molecular weight excluding hydrogens is 260 g/mol. The molecule has 0 N–H and O–H groups in total. The Morgan fingerprint density at radius 1 is 1.33 bits per heavy atom. The number of amides is 2. The van der Waals surface area contributed by atoms with Crippen LogP contribution in [0, 0.1) is 0 Å². The first-order valence-electron chi connectivity index (χ1n) is 5.92. The van der Waals surface area contributed by atoms with Crippen LogP contribution < -0.4 is 0 Å². The van der Waals surface area contributed by atoms with Crippen molar-refractivity contribution in [3.05, 3.63) is 0 Å². The zero-order chi connectivity index (χ0) is 13.3. The number of rotatable bonds is 5. The van der Waals surface area contributed by atoms with Crippen molar-refractivity contribution in [1.82, 2.24) is 9.21 Å². The predicted molar refractivity (Wildman–Crippen MR) is 62.2 cm³/mol. The smallest absolute Gasteiger partial charge is 0.417 e. The van der Waals surface area contributed by atoms with E-state index in [0.29, 0.717) is 6.42 Å². The van der Waals surface area contributed by atoms with Crippen molar-refractivity contribution in [3.63, 3.8) is 0 Å². The van der Waals surface area contributed by atoms with E-state index < -0.39 is 22.0 Å². The van der Waals surface area contributed by atoms with Gasteiger partial charge in [-0.25, -0.2) is 18.1 Å². The number of nitrogens with zero attached hydrogens (tertiary/aromatic N) is 2. The number of hydrogen-bond acceptors (Lipinski definition) is 5. The number of cyclic esters (lactones) is 1. The first-order chi connectivity index (χ1) is 8.45. The minimum atomic E-state index is -3.24. The second kappa shape index (κ2) is 4.85. The third kappa shape index (κ3) is 2.35. The molecule has 0 bridgehead atoms. The molecule has 2 fully saturated rings. The third-order valence-corrected chi connectivity index (χ3v) is 5.02. The molecule has 2 heterocycles. The number of hydrogen-bond donors (Lipinski definition) is 0. The van der Waals surface area contributed by atoms with Crippen LogP contribution in [-0.4, -0.2) is 61.1 Å². The third-order valence-electron chi connectivity index (χ3n) is 3.13. The summed E-state index contributed by atoms with van der Waals surface area (Å²) in [7, 11) is -3.24. The van der Waals surface area contributed by atoms with Crippen LogP contribution in [-0.2, 0) is 19.6 Å². The zero-order valence-corrected chi connectivity index (χ0v) is 11.0. The van der Waals surface area contributed by atoms with Crippen LogP contribution in [0.2, 0.25) is 0 Å². The Balaban J connectivity index is 1.90. The maximum absolute atomic E-state index is 11.8. The summed E-state index contributed by atoms with van der Waals surface area (Å²) in [5.41, 5.74) is 0. The molecule has 102 valence electrons. The molecule has 0 unspecified atom stereocenters. The molecule has 18 heavy (non-hydrogen) atoms. The highest BCUT2D eigenvalue weighted by molar-refractivity contribution is 7.89. The summed E-state index contributed by atoms with van der Waals surface area (Å²) in [4.78, 5) is 23.6. The Kier molecular flexibility index (Phi) is 3.58. The van der Waals surface area contributed by atoms with Gasteiger partial charge in [0.2, 0.25) is 10.0 Å². The minimum Gasteiger partial charge on any atom is -0.439 e. The lowest BCUT2D eigenvalue weighted by molar-refractivity contribution is -0.128. The molecule has 2 amide bonds. The molecule has 2 aliphatic rings. The average molecular weight is 276 g/mol. The van der Waals surface area contributed by atoms with E-state index in [0.717, 1.165) is 11.3 Å². The highest BCUT2D eigenvalue weighted by Crippen LogP contribution is 2.22. The quantitative estimate of drug-likeness (QED) is 0.693. The Morgan fingerprint density at radius 2 is 2.00 bits per heavy atom. The molecule has 2 rings (SSSR count). The molecule has 7 nitrogen and oxygen atoms in total. The topological polar surface area (TPSA) is 84.0 Å². The van der Waals surface area contributed by atoms with Gasteiger partial charge in [0, 0.05) is 13.1 Å². The van der Waals surface area contributed by atoms with Gasteiger partial charge in [0.05, 0.1) is 11.8 Å². The van der Waals surface area contributed by atoms with E-state index in [4.69, 9.17) is 0 Å². The number of imide groups is 1. The van der Waals surface area contributed by atoms with Gasteiger partial charge in [0.25, 0.3) is 5.91 Å². The van der Waals surface area contributed by atoms with Gasteiger partial charge in [-0.3, -0.25) is 4.79 Å². The number of carbonyl (C=O) groups excluding carboxylic acids is 2. The van der Waals surface area contributed by atoms with E-state index in [2.05, 4.69) is 4.74 Å². The van der Waals surface area contributed by atoms with Gasteiger partial charge in [0.1, 0.15) is 0 Å². The number of unbranched alkanes of at least 4 members (excludes halogenated alkanes) is 1. The fraction of sp³-hybridized carbons (Fsp3) is 0.800. The largest absolute Gasteiger partial charge is 0.439 e. The van der Waals surface area contributed by atoms with Crippen LogP contribution in [0.4, 0.5) is 4.79 Å². The van der Waals surface area contributed by atoms with E-state index in [9.17, 15) is 18.0 Å². The van der Waals surface area contributed by atoms with Gasteiger partial charge >= 0.3 is 6.09 Å². The maximum Gasteiger partial charge on any atom is 0.417 e. The van der Waals surface area contributed by atoms with Crippen LogP contribution in [0.3, 0.4) is 0 Å². The average Bonchev–Trinajstić information content (AvgIpc) is 2.56. The lowest BCUT2D eigenvalue weighted by Crippen LogP contribution is -2.62. The SMILES string of the molecule is CCCCS(=O)(=O)N1CC(N2C(=O)COC2=O)C1. The van der Waals surface area contributed by atoms with Crippen LogP contribution >= 0.6 is 0 Å². The highest BCUT2D eigenvalue weighted by atomic mass is 32.2. The van der Waals surface area contributed by atoms with Crippen LogP contribution in [0.5, 0.6) is 0 Å². The van der Waals surface area contributed by atoms with Gasteiger partial charge in [-0.05, 0) is 6.42 Å². The molecule has 0 aromatic rings. The van der Waals surface area contributed by atoms with Crippen molar-refractivity contribution in [2.45, 2.75) is 25.8 Å². The van der Waals surface area contributed by atoms with Gasteiger partial charge in [-0.2, -0.15) is 4.31 Å². The minimum absolute atomic E-state index is 0.120. The number of carbonyl (C=O) groups is 2. The summed E-state index contributed by atoms with van der Waals surface area (Å²) in [6, 6.07) is -0.371. The lowest BCUT2D eigenvalue weighted by Gasteiger charge is -2.40. The summed E-state index contributed by atoms with van der Waals surface area (Å²) in [6.07, 6.45) is 0.761. The Morgan fingerprint density at radius 3 is 2.50 bits per heavy atom. The molecule has 0 aromatic heterocycles. The Hall–Kier alpha value is -1.15. The fourth-order valence-corrected chi connectivity index (χ4v) is 3.69. The van der Waals surface area contributed by atoms with Gasteiger partial charge in [-0.15, -0.1) is 0 Å². The van der Waals surface area contributed by atoms with Crippen molar-refractivity contribution in [1.29, 1.82) is 0 Å². The normalized spacial score (nSPS) is 22.2. The van der Waals surface area contributed by atoms with E-state index in [-0.39, 0.29) is 31.5 Å². The second-order valence-corrected chi connectivity index (χ2v) is 6.55. The Bertz CT molecular complexity index is 439. The van der Waals surface area contributed by atoms with Crippen molar-refractivity contribution in [3.8, 4) is 0 Å². The van der Waals surface area contributed by atoms with E-state index in [1.54, 1.807) is 0 Å². The van der Waals surface area contributed by atoms with Gasteiger partial charge < -0.3 is 4.74 Å². The molecule has 0 atom stereocenters. The maximum atomic E-state index is 11.8. The molecule has 0 saturated carbocycles. The molecule has 0 radical (unpaired) electrons. The molecule has 0 spiro atoms. The molecule has 0 aromatic carbocycles. The monoisotopic (exact) mass is 276 g/mol. The number of ether oxygens (including phenoxy) is 1. The van der Waals surface area contributed by atoms with E-state index >= 15 is 0 Å². The van der Waals surface area contributed by atoms with Crippen LogP contribution in [0.25, 0.3) is 0 Å². The zero-order valence-electron chi connectivity index (χ0n) is 10.2. The second-order valence-electron chi connectivity index (χ2n) is 4.46. The predicted octanol–water partition coefficient (Wildman–Crippen LogP) is -0.221. The first-order valence-corrected chi connectivity index (χ1v) is 7.53. The van der Waals surface area contributed by atoms with Crippen molar-refractivity contribution in [2.75, 3.05) is 25.4 Å². The fourth-order valence-electron chi connectivity index (χ4n) is 1.98.